The van der Waals surface area contributed by atoms with Crippen LogP contribution in [0.15, 0.2) is 22.7 Å². The summed E-state index contributed by atoms with van der Waals surface area (Å²) < 4.78 is 0.839. The highest BCUT2D eigenvalue weighted by atomic mass is 79.9. The minimum absolute atomic E-state index is 0.149. The van der Waals surface area contributed by atoms with Crippen LogP contribution in [0, 0.1) is 0 Å². The van der Waals surface area contributed by atoms with Crippen LogP contribution in [0.2, 0.25) is 5.02 Å². The lowest BCUT2D eigenvalue weighted by Gasteiger charge is -2.05. The molecule has 0 fully saturated rings. The normalized spacial score (nSPS) is 10.3. The molecule has 6 heteroatoms. The third kappa shape index (κ3) is 4.61. The third-order valence-corrected chi connectivity index (χ3v) is 2.81. The van der Waals surface area contributed by atoms with E-state index in [4.69, 9.17) is 22.2 Å². The lowest BCUT2D eigenvalue weighted by molar-refractivity contribution is -0.125. The number of primary amides is 1. The van der Waals surface area contributed by atoms with Gasteiger partial charge in [0, 0.05) is 11.0 Å². The largest absolute Gasteiger partial charge is 0.368 e. The van der Waals surface area contributed by atoms with Crippen LogP contribution in [0.3, 0.4) is 0 Å². The molecule has 3 N–H and O–H groups in total. The maximum absolute atomic E-state index is 10.3. The first-order chi connectivity index (χ1) is 7.09. The highest BCUT2D eigenvalue weighted by molar-refractivity contribution is 9.10. The minimum Gasteiger partial charge on any atom is -0.368 e. The molecule has 1 aromatic carbocycles. The van der Waals surface area contributed by atoms with E-state index in [9.17, 15) is 4.79 Å². The third-order valence-electron chi connectivity index (χ3n) is 1.58. The van der Waals surface area contributed by atoms with Gasteiger partial charge in [-0.2, -0.15) is 5.48 Å². The summed E-state index contributed by atoms with van der Waals surface area (Å²) in [5.74, 6) is -0.517. The zero-order valence-electron chi connectivity index (χ0n) is 7.80. The zero-order chi connectivity index (χ0) is 11.3. The zero-order valence-corrected chi connectivity index (χ0v) is 10.1. The molecule has 1 amide bonds. The summed E-state index contributed by atoms with van der Waals surface area (Å²) in [5, 5.41) is 0.629. The molecule has 0 atom stereocenters. The van der Waals surface area contributed by atoms with E-state index in [-0.39, 0.29) is 6.61 Å². The van der Waals surface area contributed by atoms with Crippen LogP contribution in [0.1, 0.15) is 5.56 Å². The van der Waals surface area contributed by atoms with Crippen LogP contribution < -0.4 is 11.2 Å². The Hall–Kier alpha value is -0.620. The quantitative estimate of drug-likeness (QED) is 0.640. The Balaban J connectivity index is 2.38. The molecule has 0 aromatic heterocycles. The van der Waals surface area contributed by atoms with Gasteiger partial charge < -0.3 is 5.73 Å². The summed E-state index contributed by atoms with van der Waals surface area (Å²) in [7, 11) is 0. The number of carbonyl (C=O) groups is 1. The fraction of sp³-hybridized carbons (Fsp3) is 0.222. The van der Waals surface area contributed by atoms with Gasteiger partial charge in [-0.15, -0.1) is 0 Å². The van der Waals surface area contributed by atoms with Crippen molar-refractivity contribution in [1.29, 1.82) is 0 Å². The van der Waals surface area contributed by atoms with E-state index in [0.29, 0.717) is 11.6 Å². The van der Waals surface area contributed by atoms with Crippen molar-refractivity contribution in [2.24, 2.45) is 5.73 Å². The smallest absolute Gasteiger partial charge is 0.245 e. The Morgan fingerprint density at radius 3 is 2.93 bits per heavy atom. The van der Waals surface area contributed by atoms with Crippen molar-refractivity contribution in [3.8, 4) is 0 Å². The SMILES string of the molecule is NC(=O)CONCc1ccc(Br)c(Cl)c1. The number of nitrogens with one attached hydrogen (secondary N) is 1. The average Bonchev–Trinajstić information content (AvgIpc) is 2.18. The van der Waals surface area contributed by atoms with Gasteiger partial charge in [-0.1, -0.05) is 17.7 Å². The maximum atomic E-state index is 10.3. The number of hydroxylamine groups is 1. The number of hydrogen-bond acceptors (Lipinski definition) is 3. The van der Waals surface area contributed by atoms with E-state index in [0.717, 1.165) is 10.0 Å². The second-order valence-electron chi connectivity index (χ2n) is 2.82. The van der Waals surface area contributed by atoms with E-state index in [1.165, 1.54) is 0 Å². The van der Waals surface area contributed by atoms with Gasteiger partial charge in [-0.05, 0) is 33.6 Å². The molecular formula is C9H10BrClN2O2. The predicted octanol–water partition coefficient (Wildman–Crippen LogP) is 1.61. The number of amides is 1. The molecule has 4 nitrogen and oxygen atoms in total. The highest BCUT2D eigenvalue weighted by Crippen LogP contribution is 2.22. The van der Waals surface area contributed by atoms with Crippen LogP contribution in [-0.2, 0) is 16.2 Å². The molecule has 0 aliphatic heterocycles. The second-order valence-corrected chi connectivity index (χ2v) is 4.09. The predicted molar refractivity (Wildman–Crippen MR) is 61.1 cm³/mol. The minimum atomic E-state index is -0.517. The van der Waals surface area contributed by atoms with Gasteiger partial charge in [0.2, 0.25) is 5.91 Å². The van der Waals surface area contributed by atoms with Gasteiger partial charge in [0.1, 0.15) is 6.61 Å². The van der Waals surface area contributed by atoms with Crippen molar-refractivity contribution >= 4 is 33.4 Å². The summed E-state index contributed by atoms with van der Waals surface area (Å²) in [5.41, 5.74) is 8.44. The lowest BCUT2D eigenvalue weighted by Crippen LogP contribution is -2.24. The molecule has 82 valence electrons. The Morgan fingerprint density at radius 1 is 1.60 bits per heavy atom. The summed E-state index contributed by atoms with van der Waals surface area (Å²) in [6, 6.07) is 5.52. The summed E-state index contributed by atoms with van der Waals surface area (Å²) in [6.07, 6.45) is 0. The summed E-state index contributed by atoms with van der Waals surface area (Å²) in [6.45, 7) is 0.310. The topological polar surface area (TPSA) is 64.4 Å². The maximum Gasteiger partial charge on any atom is 0.245 e. The Labute approximate surface area is 101 Å². The Morgan fingerprint density at radius 2 is 2.33 bits per heavy atom. The first kappa shape index (κ1) is 12.4. The van der Waals surface area contributed by atoms with Crippen molar-refractivity contribution in [3.63, 3.8) is 0 Å². The standard InChI is InChI=1S/C9H10BrClN2O2/c10-7-2-1-6(3-8(7)11)4-13-15-5-9(12)14/h1-3,13H,4-5H2,(H2,12,14). The number of nitrogens with two attached hydrogens (primary N) is 1. The molecule has 1 aromatic rings. The molecule has 0 saturated heterocycles. The van der Waals surface area contributed by atoms with Gasteiger partial charge in [-0.25, -0.2) is 0 Å². The van der Waals surface area contributed by atoms with E-state index < -0.39 is 5.91 Å². The van der Waals surface area contributed by atoms with E-state index in [1.807, 2.05) is 12.1 Å². The molecule has 0 unspecified atom stereocenters. The van der Waals surface area contributed by atoms with Crippen molar-refractivity contribution in [1.82, 2.24) is 5.48 Å². The van der Waals surface area contributed by atoms with E-state index in [2.05, 4.69) is 21.4 Å². The Kier molecular flexibility index (Phi) is 5.04. The molecule has 0 saturated carbocycles. The Bertz CT molecular complexity index is 360. The molecule has 0 heterocycles. The van der Waals surface area contributed by atoms with Crippen LogP contribution in [0.5, 0.6) is 0 Å². The molecule has 15 heavy (non-hydrogen) atoms. The van der Waals surface area contributed by atoms with Gasteiger partial charge in [0.15, 0.2) is 0 Å². The number of hydrogen-bond donors (Lipinski definition) is 2. The van der Waals surface area contributed by atoms with Crippen molar-refractivity contribution in [2.75, 3.05) is 6.61 Å². The van der Waals surface area contributed by atoms with Crippen LogP contribution in [0.4, 0.5) is 0 Å². The summed E-state index contributed by atoms with van der Waals surface area (Å²) in [4.78, 5) is 15.1. The highest BCUT2D eigenvalue weighted by Gasteiger charge is 1.99. The second kappa shape index (κ2) is 6.07. The van der Waals surface area contributed by atoms with Gasteiger partial charge in [-0.3, -0.25) is 9.63 Å². The first-order valence-corrected chi connectivity index (χ1v) is 5.33. The number of rotatable bonds is 5. The first-order valence-electron chi connectivity index (χ1n) is 4.16. The molecule has 0 radical (unpaired) electrons. The van der Waals surface area contributed by atoms with Crippen molar-refractivity contribution < 1.29 is 9.63 Å². The van der Waals surface area contributed by atoms with Crippen molar-refractivity contribution in [3.05, 3.63) is 33.3 Å². The van der Waals surface area contributed by atoms with E-state index in [1.54, 1.807) is 6.07 Å². The fourth-order valence-electron chi connectivity index (χ4n) is 0.906. The van der Waals surface area contributed by atoms with E-state index >= 15 is 0 Å². The number of carbonyl (C=O) groups excluding carboxylic acids is 1. The summed E-state index contributed by atoms with van der Waals surface area (Å²) >= 11 is 9.17. The molecule has 1 rings (SSSR count). The van der Waals surface area contributed by atoms with Gasteiger partial charge >= 0.3 is 0 Å². The molecular weight excluding hydrogens is 283 g/mol. The monoisotopic (exact) mass is 292 g/mol. The molecule has 0 aliphatic carbocycles. The molecule has 0 aliphatic rings. The fourth-order valence-corrected chi connectivity index (χ4v) is 1.36. The average molecular weight is 294 g/mol. The van der Waals surface area contributed by atoms with Crippen LogP contribution >= 0.6 is 27.5 Å². The molecule has 0 spiro atoms. The molecule has 0 bridgehead atoms. The van der Waals surface area contributed by atoms with Crippen molar-refractivity contribution in [2.45, 2.75) is 6.54 Å². The van der Waals surface area contributed by atoms with Crippen LogP contribution in [-0.4, -0.2) is 12.5 Å². The number of benzene rings is 1. The van der Waals surface area contributed by atoms with Gasteiger partial charge in [0.25, 0.3) is 0 Å². The van der Waals surface area contributed by atoms with Crippen LogP contribution in [0.25, 0.3) is 0 Å². The number of halogens is 2. The lowest BCUT2D eigenvalue weighted by atomic mass is 10.2. The van der Waals surface area contributed by atoms with Gasteiger partial charge in [0.05, 0.1) is 5.02 Å².